The molecule has 1 aliphatic rings. The quantitative estimate of drug-likeness (QED) is 0.896. The van der Waals surface area contributed by atoms with E-state index >= 15 is 0 Å². The predicted octanol–water partition coefficient (Wildman–Crippen LogP) is 1.72. The molecule has 2 N–H and O–H groups in total. The predicted molar refractivity (Wildman–Crippen MR) is 77.8 cm³/mol. The molecule has 0 unspecified atom stereocenters. The largest absolute Gasteiger partial charge is 0.332 e. The molecule has 0 radical (unpaired) electrons. The summed E-state index contributed by atoms with van der Waals surface area (Å²) in [5, 5.41) is 9.96. The molecule has 0 aliphatic heterocycles. The van der Waals surface area contributed by atoms with Gasteiger partial charge in [-0.2, -0.15) is 5.10 Å². The van der Waals surface area contributed by atoms with Crippen molar-refractivity contribution < 1.29 is 4.79 Å². The molecule has 2 amide bonds. The fourth-order valence-corrected chi connectivity index (χ4v) is 2.03. The average Bonchev–Trinajstić information content (AvgIpc) is 3.24. The summed E-state index contributed by atoms with van der Waals surface area (Å²) in [5.74, 6) is 1.27. The Labute approximate surface area is 122 Å². The summed E-state index contributed by atoms with van der Waals surface area (Å²) in [4.78, 5) is 20.2. The first-order valence-electron chi connectivity index (χ1n) is 6.98. The zero-order valence-corrected chi connectivity index (χ0v) is 12.1. The number of carbonyl (C=O) groups excluding carboxylic acids is 1. The van der Waals surface area contributed by atoms with Crippen molar-refractivity contribution in [2.45, 2.75) is 32.2 Å². The van der Waals surface area contributed by atoms with Crippen molar-refractivity contribution in [3.63, 3.8) is 0 Å². The van der Waals surface area contributed by atoms with Gasteiger partial charge in [-0.1, -0.05) is 0 Å². The van der Waals surface area contributed by atoms with Crippen molar-refractivity contribution in [3.05, 3.63) is 35.5 Å². The van der Waals surface area contributed by atoms with Crippen molar-refractivity contribution in [2.24, 2.45) is 7.05 Å². The fourth-order valence-electron chi connectivity index (χ4n) is 2.03. The van der Waals surface area contributed by atoms with Crippen molar-refractivity contribution in [2.75, 3.05) is 5.32 Å². The number of rotatable bonds is 4. The number of carbonyl (C=O) groups is 1. The monoisotopic (exact) mass is 286 g/mol. The van der Waals surface area contributed by atoms with Crippen LogP contribution in [-0.4, -0.2) is 25.8 Å². The second kappa shape index (κ2) is 5.51. The van der Waals surface area contributed by atoms with Gasteiger partial charge in [0.1, 0.15) is 5.82 Å². The molecule has 110 valence electrons. The van der Waals surface area contributed by atoms with Gasteiger partial charge >= 0.3 is 6.03 Å². The number of aromatic nitrogens is 4. The highest BCUT2D eigenvalue weighted by atomic mass is 16.2. The van der Waals surface area contributed by atoms with Crippen LogP contribution in [0.15, 0.2) is 18.5 Å². The summed E-state index contributed by atoms with van der Waals surface area (Å²) in [5.41, 5.74) is 2.63. The maximum atomic E-state index is 11.9. The lowest BCUT2D eigenvalue weighted by Crippen LogP contribution is -2.29. The molecule has 2 aromatic rings. The molecule has 0 saturated heterocycles. The second-order valence-electron chi connectivity index (χ2n) is 5.31. The molecule has 0 spiro atoms. The normalized spacial score (nSPS) is 14.0. The number of hydrogen-bond acceptors (Lipinski definition) is 4. The first-order valence-corrected chi connectivity index (χ1v) is 6.98. The summed E-state index contributed by atoms with van der Waals surface area (Å²) in [6.07, 6.45) is 5.71. The Morgan fingerprint density at radius 1 is 1.38 bits per heavy atom. The van der Waals surface area contributed by atoms with Crippen LogP contribution >= 0.6 is 0 Å². The summed E-state index contributed by atoms with van der Waals surface area (Å²) in [6.45, 7) is 2.21. The number of amides is 2. The van der Waals surface area contributed by atoms with E-state index in [1.165, 1.54) is 12.8 Å². The molecule has 0 aromatic carbocycles. The van der Waals surface area contributed by atoms with Gasteiger partial charge in [0.05, 0.1) is 29.8 Å². The molecule has 3 rings (SSSR count). The van der Waals surface area contributed by atoms with Gasteiger partial charge in [-0.3, -0.25) is 20.0 Å². The molecule has 1 aliphatic carbocycles. The van der Waals surface area contributed by atoms with E-state index in [0.717, 1.165) is 17.1 Å². The van der Waals surface area contributed by atoms with Gasteiger partial charge in [0.15, 0.2) is 0 Å². The molecule has 0 bridgehead atoms. The minimum atomic E-state index is -0.275. The molecule has 1 fully saturated rings. The maximum Gasteiger partial charge on any atom is 0.320 e. The highest BCUT2D eigenvalue weighted by Gasteiger charge is 2.27. The first kappa shape index (κ1) is 13.5. The number of nitrogens with one attached hydrogen (secondary N) is 2. The van der Waals surface area contributed by atoms with E-state index in [4.69, 9.17) is 0 Å². The van der Waals surface area contributed by atoms with Gasteiger partial charge in [0, 0.05) is 25.2 Å². The van der Waals surface area contributed by atoms with Crippen LogP contribution in [0.5, 0.6) is 0 Å². The van der Waals surface area contributed by atoms with Crippen LogP contribution in [0.4, 0.5) is 10.6 Å². The fraction of sp³-hybridized carbons (Fsp3) is 0.429. The number of hydrogen-bond donors (Lipinski definition) is 2. The third-order valence-corrected chi connectivity index (χ3v) is 3.40. The average molecular weight is 286 g/mol. The SMILES string of the molecule is Cc1cnc(CNC(=O)Nc2cc(C3CC3)nn2C)cn1. The van der Waals surface area contributed by atoms with Gasteiger partial charge in [-0.05, 0) is 19.8 Å². The smallest absolute Gasteiger partial charge is 0.320 e. The van der Waals surface area contributed by atoms with Crippen LogP contribution in [0.25, 0.3) is 0 Å². The summed E-state index contributed by atoms with van der Waals surface area (Å²) in [6, 6.07) is 1.66. The van der Waals surface area contributed by atoms with E-state index < -0.39 is 0 Å². The highest BCUT2D eigenvalue weighted by molar-refractivity contribution is 5.88. The van der Waals surface area contributed by atoms with E-state index in [2.05, 4.69) is 25.7 Å². The van der Waals surface area contributed by atoms with Crippen LogP contribution in [0.3, 0.4) is 0 Å². The van der Waals surface area contributed by atoms with Crippen molar-refractivity contribution in [1.82, 2.24) is 25.1 Å². The Morgan fingerprint density at radius 2 is 2.19 bits per heavy atom. The minimum Gasteiger partial charge on any atom is -0.332 e. The summed E-state index contributed by atoms with van der Waals surface area (Å²) >= 11 is 0. The zero-order chi connectivity index (χ0) is 14.8. The van der Waals surface area contributed by atoms with Crippen LogP contribution in [0, 0.1) is 6.92 Å². The highest BCUT2D eigenvalue weighted by Crippen LogP contribution is 2.39. The Kier molecular flexibility index (Phi) is 3.55. The van der Waals surface area contributed by atoms with Crippen LogP contribution in [0.1, 0.15) is 35.8 Å². The lowest BCUT2D eigenvalue weighted by atomic mass is 10.3. The van der Waals surface area contributed by atoms with Gasteiger partial charge in [-0.25, -0.2) is 4.79 Å². The standard InChI is InChI=1S/C14H18N6O/c1-9-6-16-11(7-15-9)8-17-14(21)18-13-5-12(10-3-4-10)19-20(13)2/h5-7,10H,3-4,8H2,1-2H3,(H2,17,18,21). The molecule has 2 aromatic heterocycles. The van der Waals surface area contributed by atoms with E-state index in [1.54, 1.807) is 17.1 Å². The Morgan fingerprint density at radius 3 is 2.86 bits per heavy atom. The Balaban J connectivity index is 1.55. The van der Waals surface area contributed by atoms with E-state index in [9.17, 15) is 4.79 Å². The maximum absolute atomic E-state index is 11.9. The van der Waals surface area contributed by atoms with Crippen LogP contribution in [-0.2, 0) is 13.6 Å². The van der Waals surface area contributed by atoms with E-state index in [-0.39, 0.29) is 6.03 Å². The number of urea groups is 1. The molecule has 2 heterocycles. The summed E-state index contributed by atoms with van der Waals surface area (Å²) < 4.78 is 1.69. The van der Waals surface area contributed by atoms with Crippen molar-refractivity contribution in [3.8, 4) is 0 Å². The van der Waals surface area contributed by atoms with E-state index in [0.29, 0.717) is 18.3 Å². The van der Waals surface area contributed by atoms with Gasteiger partial charge in [-0.15, -0.1) is 0 Å². The number of nitrogens with zero attached hydrogens (tertiary/aromatic N) is 4. The Bertz CT molecular complexity index is 644. The van der Waals surface area contributed by atoms with Crippen molar-refractivity contribution in [1.29, 1.82) is 0 Å². The first-order chi connectivity index (χ1) is 10.1. The van der Waals surface area contributed by atoms with Gasteiger partial charge < -0.3 is 5.32 Å². The molecule has 7 heteroatoms. The third-order valence-electron chi connectivity index (χ3n) is 3.40. The molecule has 1 saturated carbocycles. The summed E-state index contributed by atoms with van der Waals surface area (Å²) in [7, 11) is 1.83. The number of anilines is 1. The van der Waals surface area contributed by atoms with Crippen molar-refractivity contribution >= 4 is 11.8 Å². The molecular formula is C14H18N6O. The minimum absolute atomic E-state index is 0.275. The molecule has 21 heavy (non-hydrogen) atoms. The lowest BCUT2D eigenvalue weighted by Gasteiger charge is -2.07. The number of aryl methyl sites for hydroxylation is 2. The van der Waals surface area contributed by atoms with E-state index in [1.807, 2.05) is 20.0 Å². The lowest BCUT2D eigenvalue weighted by molar-refractivity contribution is 0.251. The topological polar surface area (TPSA) is 84.7 Å². The van der Waals surface area contributed by atoms with Crippen LogP contribution < -0.4 is 10.6 Å². The zero-order valence-electron chi connectivity index (χ0n) is 12.1. The third kappa shape index (κ3) is 3.36. The second-order valence-corrected chi connectivity index (χ2v) is 5.31. The van der Waals surface area contributed by atoms with Gasteiger partial charge in [0.25, 0.3) is 0 Å². The molecule has 7 nitrogen and oxygen atoms in total. The molecular weight excluding hydrogens is 268 g/mol. The van der Waals surface area contributed by atoms with Crippen LogP contribution in [0.2, 0.25) is 0 Å². The van der Waals surface area contributed by atoms with Gasteiger partial charge in [0.2, 0.25) is 0 Å². The Hall–Kier alpha value is -2.44. The molecule has 0 atom stereocenters.